The molecule has 0 amide bonds. The molecule has 5 nitrogen and oxygen atoms in total. The quantitative estimate of drug-likeness (QED) is 0.842. The molecule has 0 saturated heterocycles. The van der Waals surface area contributed by atoms with Crippen LogP contribution in [0.15, 0.2) is 42.6 Å². The molecule has 19 heavy (non-hydrogen) atoms. The van der Waals surface area contributed by atoms with Gasteiger partial charge in [0.05, 0.1) is 17.2 Å². The van der Waals surface area contributed by atoms with Crippen LogP contribution >= 0.6 is 0 Å². The number of carbonyl (C=O) groups excluding carboxylic acids is 1. The third kappa shape index (κ3) is 2.48. The molecule has 0 spiro atoms. The van der Waals surface area contributed by atoms with E-state index in [0.29, 0.717) is 5.56 Å². The number of aromatic carboxylic acids is 1. The van der Waals surface area contributed by atoms with E-state index in [-0.39, 0.29) is 16.8 Å². The van der Waals surface area contributed by atoms with Gasteiger partial charge in [0, 0.05) is 11.8 Å². The average Bonchev–Trinajstić information content (AvgIpc) is 2.46. The van der Waals surface area contributed by atoms with Gasteiger partial charge in [-0.05, 0) is 24.3 Å². The van der Waals surface area contributed by atoms with Crippen molar-refractivity contribution < 1.29 is 14.7 Å². The molecule has 0 aliphatic carbocycles. The molecule has 2 aromatic rings. The molecule has 5 heteroatoms. The first-order valence-electron chi connectivity index (χ1n) is 5.36. The van der Waals surface area contributed by atoms with Gasteiger partial charge in [-0.25, -0.2) is 4.79 Å². The van der Waals surface area contributed by atoms with E-state index < -0.39 is 11.8 Å². The number of hydrogen-bond acceptors (Lipinski definition) is 4. The number of carboxylic acid groups (broad SMARTS) is 1. The summed E-state index contributed by atoms with van der Waals surface area (Å²) < 4.78 is 0. The van der Waals surface area contributed by atoms with Crippen molar-refractivity contribution in [1.82, 2.24) is 4.98 Å². The van der Waals surface area contributed by atoms with Crippen molar-refractivity contribution in [1.29, 1.82) is 5.26 Å². The zero-order valence-electron chi connectivity index (χ0n) is 9.70. The standard InChI is InChI=1S/C14H8N2O3/c15-8-9-3-1-4-10(7-9)13(17)12-11(14(18)19)5-2-6-16-12/h1-7H,(H,18,19). The molecule has 1 aromatic heterocycles. The van der Waals surface area contributed by atoms with E-state index in [0.717, 1.165) is 0 Å². The zero-order chi connectivity index (χ0) is 13.8. The predicted octanol–water partition coefficient (Wildman–Crippen LogP) is 1.88. The first-order chi connectivity index (χ1) is 9.13. The molecule has 0 bridgehead atoms. The number of ketones is 1. The zero-order valence-corrected chi connectivity index (χ0v) is 9.70. The fraction of sp³-hybridized carbons (Fsp3) is 0. The summed E-state index contributed by atoms with van der Waals surface area (Å²) in [5.41, 5.74) is 0.277. The molecule has 0 aliphatic heterocycles. The van der Waals surface area contributed by atoms with E-state index >= 15 is 0 Å². The number of carbonyl (C=O) groups is 2. The Balaban J connectivity index is 2.50. The Hall–Kier alpha value is -3.00. The Morgan fingerprint density at radius 1 is 1.21 bits per heavy atom. The van der Waals surface area contributed by atoms with Crippen LogP contribution < -0.4 is 0 Å². The number of pyridine rings is 1. The number of hydrogen-bond donors (Lipinski definition) is 1. The largest absolute Gasteiger partial charge is 0.478 e. The number of rotatable bonds is 3. The van der Waals surface area contributed by atoms with Crippen LogP contribution in [0.3, 0.4) is 0 Å². The molecule has 92 valence electrons. The second kappa shape index (κ2) is 5.10. The van der Waals surface area contributed by atoms with Crippen LogP contribution in [0.2, 0.25) is 0 Å². The fourth-order valence-corrected chi connectivity index (χ4v) is 1.63. The Morgan fingerprint density at radius 3 is 2.68 bits per heavy atom. The van der Waals surface area contributed by atoms with Crippen LogP contribution in [-0.4, -0.2) is 21.8 Å². The van der Waals surface area contributed by atoms with Gasteiger partial charge in [-0.2, -0.15) is 5.26 Å². The SMILES string of the molecule is N#Cc1cccc(C(=O)c2ncccc2C(=O)O)c1. The molecule has 0 unspecified atom stereocenters. The summed E-state index contributed by atoms with van der Waals surface area (Å²) in [5.74, 6) is -1.73. The molecule has 1 N–H and O–H groups in total. The second-order valence-electron chi connectivity index (χ2n) is 3.73. The molecule has 0 saturated carbocycles. The average molecular weight is 252 g/mol. The number of aromatic nitrogens is 1. The third-order valence-corrected chi connectivity index (χ3v) is 2.51. The lowest BCUT2D eigenvalue weighted by Crippen LogP contribution is -2.11. The molecule has 0 aliphatic rings. The third-order valence-electron chi connectivity index (χ3n) is 2.51. The summed E-state index contributed by atoms with van der Waals surface area (Å²) in [6.45, 7) is 0. The number of nitrogens with zero attached hydrogens (tertiary/aromatic N) is 2. The second-order valence-corrected chi connectivity index (χ2v) is 3.73. The molecule has 2 rings (SSSR count). The number of carboxylic acids is 1. The van der Waals surface area contributed by atoms with Crippen molar-refractivity contribution in [3.8, 4) is 6.07 Å². The summed E-state index contributed by atoms with van der Waals surface area (Å²) in [6, 6.07) is 10.7. The van der Waals surface area contributed by atoms with E-state index in [2.05, 4.69) is 4.98 Å². The van der Waals surface area contributed by atoms with Crippen molar-refractivity contribution in [3.05, 3.63) is 65.0 Å². The Morgan fingerprint density at radius 2 is 2.00 bits per heavy atom. The normalized spacial score (nSPS) is 9.63. The molecular formula is C14H8N2O3. The Labute approximate surface area is 108 Å². The van der Waals surface area contributed by atoms with Gasteiger partial charge in [-0.3, -0.25) is 9.78 Å². The van der Waals surface area contributed by atoms with E-state index in [1.54, 1.807) is 12.1 Å². The highest BCUT2D eigenvalue weighted by molar-refractivity contribution is 6.13. The summed E-state index contributed by atoms with van der Waals surface area (Å²) in [4.78, 5) is 27.1. The highest BCUT2D eigenvalue weighted by atomic mass is 16.4. The van der Waals surface area contributed by atoms with Crippen LogP contribution in [0.4, 0.5) is 0 Å². The maximum Gasteiger partial charge on any atom is 0.338 e. The smallest absolute Gasteiger partial charge is 0.338 e. The molecule has 0 fully saturated rings. The van der Waals surface area contributed by atoms with Crippen molar-refractivity contribution >= 4 is 11.8 Å². The summed E-state index contributed by atoms with van der Waals surface area (Å²) >= 11 is 0. The van der Waals surface area contributed by atoms with Gasteiger partial charge >= 0.3 is 5.97 Å². The van der Waals surface area contributed by atoms with Crippen molar-refractivity contribution in [2.75, 3.05) is 0 Å². The van der Waals surface area contributed by atoms with Crippen molar-refractivity contribution in [3.63, 3.8) is 0 Å². The Bertz CT molecular complexity index is 702. The highest BCUT2D eigenvalue weighted by Crippen LogP contribution is 2.13. The minimum Gasteiger partial charge on any atom is -0.478 e. The lowest BCUT2D eigenvalue weighted by atomic mass is 10.0. The van der Waals surface area contributed by atoms with Crippen LogP contribution in [0.5, 0.6) is 0 Å². The minimum absolute atomic E-state index is 0.134. The van der Waals surface area contributed by atoms with Crippen molar-refractivity contribution in [2.24, 2.45) is 0 Å². The van der Waals surface area contributed by atoms with Crippen LogP contribution in [0.1, 0.15) is 32.0 Å². The first-order valence-corrected chi connectivity index (χ1v) is 5.36. The molecule has 1 heterocycles. The minimum atomic E-state index is -1.21. The lowest BCUT2D eigenvalue weighted by molar-refractivity contribution is 0.0692. The Kier molecular flexibility index (Phi) is 3.35. The first kappa shape index (κ1) is 12.5. The maximum atomic E-state index is 12.2. The number of benzene rings is 1. The molecule has 1 aromatic carbocycles. The van der Waals surface area contributed by atoms with E-state index in [4.69, 9.17) is 10.4 Å². The molecular weight excluding hydrogens is 244 g/mol. The molecule has 0 atom stereocenters. The fourth-order valence-electron chi connectivity index (χ4n) is 1.63. The number of nitriles is 1. The van der Waals surface area contributed by atoms with Gasteiger partial charge < -0.3 is 5.11 Å². The van der Waals surface area contributed by atoms with E-state index in [1.165, 1.54) is 30.5 Å². The summed E-state index contributed by atoms with van der Waals surface area (Å²) in [7, 11) is 0. The van der Waals surface area contributed by atoms with E-state index in [1.807, 2.05) is 6.07 Å². The van der Waals surface area contributed by atoms with Crippen LogP contribution in [-0.2, 0) is 0 Å². The predicted molar refractivity (Wildman–Crippen MR) is 65.8 cm³/mol. The topological polar surface area (TPSA) is 91.0 Å². The summed E-state index contributed by atoms with van der Waals surface area (Å²) in [5, 5.41) is 17.8. The van der Waals surface area contributed by atoms with Gasteiger partial charge in [0.25, 0.3) is 0 Å². The van der Waals surface area contributed by atoms with E-state index in [9.17, 15) is 9.59 Å². The van der Waals surface area contributed by atoms with Crippen molar-refractivity contribution in [2.45, 2.75) is 0 Å². The van der Waals surface area contributed by atoms with Crippen LogP contribution in [0, 0.1) is 11.3 Å². The van der Waals surface area contributed by atoms with Gasteiger partial charge in [0.2, 0.25) is 5.78 Å². The van der Waals surface area contributed by atoms with Gasteiger partial charge in [-0.15, -0.1) is 0 Å². The van der Waals surface area contributed by atoms with Gasteiger partial charge in [0.15, 0.2) is 0 Å². The summed E-state index contributed by atoms with van der Waals surface area (Å²) in [6.07, 6.45) is 1.35. The van der Waals surface area contributed by atoms with Gasteiger partial charge in [0.1, 0.15) is 5.69 Å². The van der Waals surface area contributed by atoms with Gasteiger partial charge in [-0.1, -0.05) is 12.1 Å². The lowest BCUT2D eigenvalue weighted by Gasteiger charge is -2.04. The molecule has 0 radical (unpaired) electrons. The van der Waals surface area contributed by atoms with Crippen LogP contribution in [0.25, 0.3) is 0 Å². The monoisotopic (exact) mass is 252 g/mol. The highest BCUT2D eigenvalue weighted by Gasteiger charge is 2.19. The maximum absolute atomic E-state index is 12.2.